The molecule has 2 rings (SSSR count). The first-order valence-electron chi connectivity index (χ1n) is 7.94. The van der Waals surface area contributed by atoms with Crippen molar-refractivity contribution in [1.29, 1.82) is 0 Å². The number of aromatic nitrogens is 1. The van der Waals surface area contributed by atoms with Crippen LogP contribution in [0.4, 0.5) is 0 Å². The van der Waals surface area contributed by atoms with Gasteiger partial charge in [-0.25, -0.2) is 0 Å². The molecule has 0 saturated heterocycles. The van der Waals surface area contributed by atoms with E-state index in [0.29, 0.717) is 38.1 Å². The van der Waals surface area contributed by atoms with Crippen LogP contribution in [0.25, 0.3) is 0 Å². The summed E-state index contributed by atoms with van der Waals surface area (Å²) in [5.74, 6) is -0.741. The van der Waals surface area contributed by atoms with E-state index < -0.39 is 0 Å². The van der Waals surface area contributed by atoms with E-state index in [0.717, 1.165) is 0 Å². The van der Waals surface area contributed by atoms with Crippen molar-refractivity contribution in [3.8, 4) is 0 Å². The van der Waals surface area contributed by atoms with E-state index in [-0.39, 0.29) is 30.7 Å². The average molecular weight is 396 g/mol. The van der Waals surface area contributed by atoms with Crippen LogP contribution < -0.4 is 10.6 Å². The van der Waals surface area contributed by atoms with Crippen LogP contribution in [0, 0.1) is 13.8 Å². The number of aromatic amines is 1. The number of Topliss-reactive ketones (excluding diaryl/α,β-unsaturated/α-hetero) is 1. The van der Waals surface area contributed by atoms with E-state index in [1.165, 1.54) is 13.0 Å². The normalized spacial score (nSPS) is 10.5. The molecule has 0 atom stereocenters. The third-order valence-electron chi connectivity index (χ3n) is 3.89. The summed E-state index contributed by atoms with van der Waals surface area (Å²) in [5, 5.41) is 6.06. The molecule has 3 N–H and O–H groups in total. The van der Waals surface area contributed by atoms with Gasteiger partial charge in [0.05, 0.1) is 10.0 Å². The minimum Gasteiger partial charge on any atom is -0.354 e. The third-order valence-corrected chi connectivity index (χ3v) is 4.63. The molecule has 1 aromatic heterocycles. The molecule has 1 heterocycles. The largest absolute Gasteiger partial charge is 0.354 e. The van der Waals surface area contributed by atoms with Gasteiger partial charge < -0.3 is 15.6 Å². The van der Waals surface area contributed by atoms with Crippen molar-refractivity contribution < 1.29 is 14.4 Å². The predicted molar refractivity (Wildman–Crippen MR) is 101 cm³/mol. The Morgan fingerprint density at radius 2 is 1.62 bits per heavy atom. The Kier molecular flexibility index (Phi) is 6.45. The van der Waals surface area contributed by atoms with Crippen LogP contribution in [0.15, 0.2) is 18.2 Å². The number of carbonyl (C=O) groups is 3. The molecule has 0 spiro atoms. The molecule has 2 aromatic rings. The Hall–Kier alpha value is -2.31. The second-order valence-electron chi connectivity index (χ2n) is 5.82. The lowest BCUT2D eigenvalue weighted by Crippen LogP contribution is -2.35. The molecule has 0 fully saturated rings. The number of hydrogen-bond donors (Lipinski definition) is 3. The molecule has 0 unspecified atom stereocenters. The van der Waals surface area contributed by atoms with Gasteiger partial charge in [-0.05, 0) is 44.5 Å². The first-order chi connectivity index (χ1) is 12.2. The molecule has 0 aliphatic carbocycles. The van der Waals surface area contributed by atoms with E-state index in [9.17, 15) is 14.4 Å². The molecule has 1 aromatic carbocycles. The number of benzene rings is 1. The fourth-order valence-corrected chi connectivity index (χ4v) is 2.98. The number of aryl methyl sites for hydroxylation is 1. The highest BCUT2D eigenvalue weighted by Gasteiger charge is 2.19. The van der Waals surface area contributed by atoms with Crippen molar-refractivity contribution in [1.82, 2.24) is 15.6 Å². The standard InChI is InChI=1S/C18H19Cl2N3O3/c1-9-15(11(3)24)10(2)23-16(9)18(26)22-7-6-21-17(25)12-4-5-13(19)14(20)8-12/h4-5,8,23H,6-7H2,1-3H3,(H,21,25)(H,22,26). The maximum atomic E-state index is 12.3. The van der Waals surface area contributed by atoms with Gasteiger partial charge in [0.25, 0.3) is 11.8 Å². The van der Waals surface area contributed by atoms with Gasteiger partial charge in [0, 0.05) is 29.9 Å². The molecule has 0 bridgehead atoms. The molecule has 8 heteroatoms. The number of ketones is 1. The molecule has 6 nitrogen and oxygen atoms in total. The topological polar surface area (TPSA) is 91.1 Å². The maximum Gasteiger partial charge on any atom is 0.268 e. The number of nitrogens with one attached hydrogen (secondary N) is 3. The molecule has 0 aliphatic heterocycles. The molecular formula is C18H19Cl2N3O3. The van der Waals surface area contributed by atoms with Gasteiger partial charge in [0.15, 0.2) is 5.78 Å². The van der Waals surface area contributed by atoms with Gasteiger partial charge in [0.2, 0.25) is 0 Å². The third kappa shape index (κ3) is 4.45. The Labute approximate surface area is 161 Å². The summed E-state index contributed by atoms with van der Waals surface area (Å²) in [6.45, 7) is 5.41. The van der Waals surface area contributed by atoms with Crippen molar-refractivity contribution in [2.24, 2.45) is 0 Å². The van der Waals surface area contributed by atoms with Crippen LogP contribution in [0.5, 0.6) is 0 Å². The van der Waals surface area contributed by atoms with Gasteiger partial charge in [-0.1, -0.05) is 23.2 Å². The van der Waals surface area contributed by atoms with Crippen LogP contribution in [0.1, 0.15) is 49.4 Å². The number of carbonyl (C=O) groups excluding carboxylic acids is 3. The summed E-state index contributed by atoms with van der Waals surface area (Å²) in [6.07, 6.45) is 0. The highest BCUT2D eigenvalue weighted by atomic mass is 35.5. The van der Waals surface area contributed by atoms with Crippen molar-refractivity contribution in [3.05, 3.63) is 56.3 Å². The van der Waals surface area contributed by atoms with Crippen LogP contribution in [-0.4, -0.2) is 35.7 Å². The van der Waals surface area contributed by atoms with Gasteiger partial charge >= 0.3 is 0 Å². The van der Waals surface area contributed by atoms with Crippen LogP contribution in [0.2, 0.25) is 10.0 Å². The number of rotatable bonds is 6. The number of hydrogen-bond acceptors (Lipinski definition) is 3. The van der Waals surface area contributed by atoms with Gasteiger partial charge in [-0.3, -0.25) is 14.4 Å². The second-order valence-corrected chi connectivity index (χ2v) is 6.64. The first kappa shape index (κ1) is 20.0. The van der Waals surface area contributed by atoms with Crippen LogP contribution >= 0.6 is 23.2 Å². The summed E-state index contributed by atoms with van der Waals surface area (Å²) in [4.78, 5) is 38.8. The Bertz CT molecular complexity index is 875. The first-order valence-corrected chi connectivity index (χ1v) is 8.69. The van der Waals surface area contributed by atoms with E-state index in [4.69, 9.17) is 23.2 Å². The number of H-pyrrole nitrogens is 1. The fourth-order valence-electron chi connectivity index (χ4n) is 2.69. The zero-order valence-corrected chi connectivity index (χ0v) is 16.1. The molecule has 2 amide bonds. The summed E-state index contributed by atoms with van der Waals surface area (Å²) in [5.41, 5.74) is 2.54. The van der Waals surface area contributed by atoms with Gasteiger partial charge in [0.1, 0.15) is 5.69 Å². The SMILES string of the molecule is CC(=O)c1c(C)[nH]c(C(=O)NCCNC(=O)c2ccc(Cl)c(Cl)c2)c1C. The van der Waals surface area contributed by atoms with E-state index in [1.807, 2.05) is 0 Å². The minimum absolute atomic E-state index is 0.0933. The van der Waals surface area contributed by atoms with Crippen molar-refractivity contribution in [2.45, 2.75) is 20.8 Å². The molecule has 0 aliphatic rings. The van der Waals surface area contributed by atoms with Crippen molar-refractivity contribution in [2.75, 3.05) is 13.1 Å². The average Bonchev–Trinajstić information content (AvgIpc) is 2.88. The Morgan fingerprint density at radius 1 is 1.00 bits per heavy atom. The summed E-state index contributed by atoms with van der Waals surface area (Å²) in [7, 11) is 0. The van der Waals surface area contributed by atoms with Crippen molar-refractivity contribution in [3.63, 3.8) is 0 Å². The lowest BCUT2D eigenvalue weighted by Gasteiger charge is -2.08. The summed E-state index contributed by atoms with van der Waals surface area (Å²) >= 11 is 11.7. The smallest absolute Gasteiger partial charge is 0.268 e. The minimum atomic E-state index is -0.332. The van der Waals surface area contributed by atoms with Gasteiger partial charge in [-0.15, -0.1) is 0 Å². The lowest BCUT2D eigenvalue weighted by molar-refractivity contribution is 0.0925. The van der Waals surface area contributed by atoms with Crippen LogP contribution in [0.3, 0.4) is 0 Å². The van der Waals surface area contributed by atoms with E-state index in [1.54, 1.807) is 26.0 Å². The van der Waals surface area contributed by atoms with Crippen molar-refractivity contribution >= 4 is 40.8 Å². The van der Waals surface area contributed by atoms with E-state index in [2.05, 4.69) is 15.6 Å². The molecule has 0 saturated carbocycles. The van der Waals surface area contributed by atoms with Gasteiger partial charge in [-0.2, -0.15) is 0 Å². The fraction of sp³-hybridized carbons (Fsp3) is 0.278. The Morgan fingerprint density at radius 3 is 2.15 bits per heavy atom. The zero-order chi connectivity index (χ0) is 19.4. The zero-order valence-electron chi connectivity index (χ0n) is 14.6. The quantitative estimate of drug-likeness (QED) is 0.517. The molecule has 26 heavy (non-hydrogen) atoms. The maximum absolute atomic E-state index is 12.3. The summed E-state index contributed by atoms with van der Waals surface area (Å²) in [6, 6.07) is 4.59. The molecule has 138 valence electrons. The highest BCUT2D eigenvalue weighted by Crippen LogP contribution is 2.22. The van der Waals surface area contributed by atoms with E-state index >= 15 is 0 Å². The number of amides is 2. The predicted octanol–water partition coefficient (Wildman–Crippen LogP) is 3.30. The van der Waals surface area contributed by atoms with Crippen LogP contribution in [-0.2, 0) is 0 Å². The molecular weight excluding hydrogens is 377 g/mol. The Balaban J connectivity index is 1.89. The lowest BCUT2D eigenvalue weighted by atomic mass is 10.1. The highest BCUT2D eigenvalue weighted by molar-refractivity contribution is 6.42. The summed E-state index contributed by atoms with van der Waals surface area (Å²) < 4.78 is 0. The second kappa shape index (κ2) is 8.38. The molecule has 0 radical (unpaired) electrons. The number of halogens is 2. The monoisotopic (exact) mass is 395 g/mol.